The van der Waals surface area contributed by atoms with Crippen LogP contribution in [0.2, 0.25) is 0 Å². The number of alkyl halides is 2. The van der Waals surface area contributed by atoms with Gasteiger partial charge in [0.1, 0.15) is 17.3 Å². The molecule has 0 aromatic heterocycles. The van der Waals surface area contributed by atoms with Gasteiger partial charge in [0, 0.05) is 5.56 Å². The van der Waals surface area contributed by atoms with Crippen LogP contribution in [-0.4, -0.2) is 13.7 Å². The molecule has 2 aromatic rings. The van der Waals surface area contributed by atoms with Crippen molar-refractivity contribution in [2.24, 2.45) is 0 Å². The van der Waals surface area contributed by atoms with Gasteiger partial charge in [-0.1, -0.05) is 32.0 Å². The summed E-state index contributed by atoms with van der Waals surface area (Å²) in [5.41, 5.74) is 3.31. The Balaban J connectivity index is 2.40. The molecule has 0 aliphatic heterocycles. The largest absolute Gasteiger partial charge is 0.496 e. The molecule has 0 fully saturated rings. The van der Waals surface area contributed by atoms with Gasteiger partial charge in [0.25, 0.3) is 0 Å². The molecular formula is C20H23F3O2. The molecule has 0 spiro atoms. The van der Waals surface area contributed by atoms with Crippen molar-refractivity contribution in [1.82, 2.24) is 0 Å². The maximum absolute atomic E-state index is 14.3. The maximum atomic E-state index is 14.3. The minimum atomic E-state index is -2.99. The number of aryl methyl sites for hydroxylation is 1. The fourth-order valence-electron chi connectivity index (χ4n) is 3.26. The van der Waals surface area contributed by atoms with E-state index in [0.29, 0.717) is 6.42 Å². The van der Waals surface area contributed by atoms with E-state index < -0.39 is 12.4 Å². The Morgan fingerprint density at radius 3 is 2.44 bits per heavy atom. The van der Waals surface area contributed by atoms with E-state index in [9.17, 15) is 13.2 Å². The van der Waals surface area contributed by atoms with E-state index in [4.69, 9.17) is 4.74 Å². The van der Waals surface area contributed by atoms with E-state index in [1.165, 1.54) is 18.2 Å². The molecular weight excluding hydrogens is 329 g/mol. The molecule has 0 saturated heterocycles. The molecule has 0 N–H and O–H groups in total. The van der Waals surface area contributed by atoms with Crippen molar-refractivity contribution < 1.29 is 22.6 Å². The van der Waals surface area contributed by atoms with Gasteiger partial charge in [-0.25, -0.2) is 4.39 Å². The van der Waals surface area contributed by atoms with Gasteiger partial charge in [-0.3, -0.25) is 0 Å². The topological polar surface area (TPSA) is 18.5 Å². The first kappa shape index (κ1) is 19.2. The van der Waals surface area contributed by atoms with Crippen molar-refractivity contribution in [2.75, 3.05) is 7.11 Å². The van der Waals surface area contributed by atoms with E-state index in [1.54, 1.807) is 14.0 Å². The zero-order chi connectivity index (χ0) is 18.6. The monoisotopic (exact) mass is 352 g/mol. The summed E-state index contributed by atoms with van der Waals surface area (Å²) in [5.74, 6) is -0.241. The normalized spacial score (nSPS) is 12.3. The maximum Gasteiger partial charge on any atom is 0.387 e. The molecule has 2 nitrogen and oxygen atoms in total. The third-order valence-corrected chi connectivity index (χ3v) is 4.38. The Hall–Kier alpha value is -2.17. The van der Waals surface area contributed by atoms with Crippen LogP contribution in [0.4, 0.5) is 13.2 Å². The Morgan fingerprint density at radius 2 is 1.84 bits per heavy atom. The lowest BCUT2D eigenvalue weighted by atomic mass is 9.90. The van der Waals surface area contributed by atoms with Crippen LogP contribution in [0.3, 0.4) is 0 Å². The van der Waals surface area contributed by atoms with E-state index in [0.717, 1.165) is 28.9 Å². The first-order chi connectivity index (χ1) is 11.9. The predicted molar refractivity (Wildman–Crippen MR) is 92.3 cm³/mol. The molecule has 25 heavy (non-hydrogen) atoms. The van der Waals surface area contributed by atoms with Crippen molar-refractivity contribution in [3.05, 3.63) is 58.4 Å². The van der Waals surface area contributed by atoms with E-state index in [-0.39, 0.29) is 17.2 Å². The highest BCUT2D eigenvalue weighted by Crippen LogP contribution is 2.36. The van der Waals surface area contributed by atoms with Crippen LogP contribution in [-0.2, 0) is 12.8 Å². The minimum Gasteiger partial charge on any atom is -0.496 e. The molecule has 0 amide bonds. The Labute approximate surface area is 146 Å². The zero-order valence-electron chi connectivity index (χ0n) is 14.9. The molecule has 2 aromatic carbocycles. The molecule has 0 saturated carbocycles. The SMILES string of the molecule is CCc1c(C)ccc(CC(C)c2c(F)cccc2OC(F)F)c1OC. The molecule has 0 bridgehead atoms. The van der Waals surface area contributed by atoms with Gasteiger partial charge in [0.05, 0.1) is 7.11 Å². The van der Waals surface area contributed by atoms with E-state index in [2.05, 4.69) is 4.74 Å². The van der Waals surface area contributed by atoms with Crippen LogP contribution in [0.15, 0.2) is 30.3 Å². The second kappa shape index (κ2) is 8.28. The lowest BCUT2D eigenvalue weighted by molar-refractivity contribution is -0.0508. The summed E-state index contributed by atoms with van der Waals surface area (Å²) in [5, 5.41) is 0. The third kappa shape index (κ3) is 4.27. The van der Waals surface area contributed by atoms with Crippen molar-refractivity contribution >= 4 is 0 Å². The smallest absolute Gasteiger partial charge is 0.387 e. The van der Waals surface area contributed by atoms with Gasteiger partial charge in [-0.15, -0.1) is 0 Å². The summed E-state index contributed by atoms with van der Waals surface area (Å²) in [6, 6.07) is 7.93. The highest BCUT2D eigenvalue weighted by Gasteiger charge is 2.21. The van der Waals surface area contributed by atoms with Gasteiger partial charge >= 0.3 is 6.61 Å². The standard InChI is InChI=1S/C20H23F3O2/c1-5-15-12(2)9-10-14(19(15)24-4)11-13(3)18-16(21)7-6-8-17(18)25-20(22)23/h6-10,13,20H,5,11H2,1-4H3. The number of methoxy groups -OCH3 is 1. The average Bonchev–Trinajstić information content (AvgIpc) is 2.55. The number of halogens is 3. The highest BCUT2D eigenvalue weighted by molar-refractivity contribution is 5.48. The first-order valence-corrected chi connectivity index (χ1v) is 8.27. The quantitative estimate of drug-likeness (QED) is 0.641. The fourth-order valence-corrected chi connectivity index (χ4v) is 3.26. The van der Waals surface area contributed by atoms with Gasteiger partial charge in [-0.2, -0.15) is 8.78 Å². The fraction of sp³-hybridized carbons (Fsp3) is 0.400. The summed E-state index contributed by atoms with van der Waals surface area (Å²) >= 11 is 0. The summed E-state index contributed by atoms with van der Waals surface area (Å²) in [4.78, 5) is 0. The number of rotatable bonds is 7. The summed E-state index contributed by atoms with van der Waals surface area (Å²) < 4.78 is 49.6. The number of hydrogen-bond donors (Lipinski definition) is 0. The van der Waals surface area contributed by atoms with Gasteiger partial charge in [-0.05, 0) is 54.5 Å². The summed E-state index contributed by atoms with van der Waals surface area (Å²) in [6.45, 7) is 2.86. The van der Waals surface area contributed by atoms with Crippen molar-refractivity contribution in [2.45, 2.75) is 46.1 Å². The summed E-state index contributed by atoms with van der Waals surface area (Å²) in [6.07, 6.45) is 1.27. The van der Waals surface area contributed by atoms with Crippen LogP contribution in [0.5, 0.6) is 11.5 Å². The van der Waals surface area contributed by atoms with Crippen LogP contribution >= 0.6 is 0 Å². The van der Waals surface area contributed by atoms with Crippen LogP contribution in [0, 0.1) is 12.7 Å². The van der Waals surface area contributed by atoms with Crippen LogP contribution in [0.25, 0.3) is 0 Å². The van der Waals surface area contributed by atoms with Crippen molar-refractivity contribution in [3.63, 3.8) is 0 Å². The Morgan fingerprint density at radius 1 is 1.12 bits per heavy atom. The number of benzene rings is 2. The Kier molecular flexibility index (Phi) is 6.34. The minimum absolute atomic E-state index is 0.121. The molecule has 136 valence electrons. The highest BCUT2D eigenvalue weighted by atomic mass is 19.3. The van der Waals surface area contributed by atoms with E-state index in [1.807, 2.05) is 26.0 Å². The summed E-state index contributed by atoms with van der Waals surface area (Å²) in [7, 11) is 1.61. The number of ether oxygens (including phenoxy) is 2. The zero-order valence-corrected chi connectivity index (χ0v) is 14.9. The second-order valence-corrected chi connectivity index (χ2v) is 6.04. The van der Waals surface area contributed by atoms with E-state index >= 15 is 0 Å². The molecule has 0 aliphatic rings. The lowest BCUT2D eigenvalue weighted by Crippen LogP contribution is -2.10. The number of hydrogen-bond acceptors (Lipinski definition) is 2. The Bertz CT molecular complexity index is 729. The third-order valence-electron chi connectivity index (χ3n) is 4.38. The molecule has 0 radical (unpaired) electrons. The van der Waals surface area contributed by atoms with Gasteiger partial charge in [0.15, 0.2) is 0 Å². The van der Waals surface area contributed by atoms with Crippen molar-refractivity contribution in [3.8, 4) is 11.5 Å². The molecule has 5 heteroatoms. The molecule has 1 atom stereocenters. The molecule has 1 unspecified atom stereocenters. The second-order valence-electron chi connectivity index (χ2n) is 6.04. The van der Waals surface area contributed by atoms with Crippen molar-refractivity contribution in [1.29, 1.82) is 0 Å². The van der Waals surface area contributed by atoms with Crippen LogP contribution < -0.4 is 9.47 Å². The first-order valence-electron chi connectivity index (χ1n) is 8.27. The van der Waals surface area contributed by atoms with Gasteiger partial charge < -0.3 is 9.47 Å². The van der Waals surface area contributed by atoms with Gasteiger partial charge in [0.2, 0.25) is 0 Å². The van der Waals surface area contributed by atoms with Crippen LogP contribution in [0.1, 0.15) is 42.0 Å². The molecule has 2 rings (SSSR count). The average molecular weight is 352 g/mol. The molecule has 0 heterocycles. The lowest BCUT2D eigenvalue weighted by Gasteiger charge is -2.20. The molecule has 0 aliphatic carbocycles. The predicted octanol–water partition coefficient (Wildman–Crippen LogP) is 5.65.